The molecule has 158 valence electrons. The number of amides is 1. The van der Waals surface area contributed by atoms with Crippen LogP contribution in [0, 0.1) is 0 Å². The number of ether oxygens (including phenoxy) is 1. The second kappa shape index (κ2) is 9.10. The molecule has 0 aliphatic carbocycles. The molecule has 5 nitrogen and oxygen atoms in total. The minimum absolute atomic E-state index is 0.267. The van der Waals surface area contributed by atoms with E-state index in [2.05, 4.69) is 0 Å². The lowest BCUT2D eigenvalue weighted by Gasteiger charge is -2.25. The minimum atomic E-state index is -1.19. The lowest BCUT2D eigenvalue weighted by atomic mass is 9.99. The predicted octanol–water partition coefficient (Wildman–Crippen LogP) is 5.49. The van der Waals surface area contributed by atoms with Crippen LogP contribution in [0.1, 0.15) is 29.2 Å². The highest BCUT2D eigenvalue weighted by molar-refractivity contribution is 6.31. The number of halogens is 2. The van der Waals surface area contributed by atoms with E-state index in [0.29, 0.717) is 26.9 Å². The van der Waals surface area contributed by atoms with Crippen molar-refractivity contribution in [3.05, 3.63) is 99.5 Å². The number of hydrogen-bond acceptors (Lipinski definition) is 3. The Morgan fingerprint density at radius 3 is 2.39 bits per heavy atom. The molecule has 0 saturated carbocycles. The summed E-state index contributed by atoms with van der Waals surface area (Å²) in [4.78, 5) is 26.6. The first kappa shape index (κ1) is 21.4. The molecule has 1 amide bonds. The van der Waals surface area contributed by atoms with E-state index in [0.717, 1.165) is 5.56 Å². The number of carbonyl (C=O) groups is 2. The van der Waals surface area contributed by atoms with Gasteiger partial charge in [-0.2, -0.15) is 0 Å². The molecule has 1 aliphatic heterocycles. The van der Waals surface area contributed by atoms with Gasteiger partial charge >= 0.3 is 5.97 Å². The maximum Gasteiger partial charge on any atom is 0.306 e. The van der Waals surface area contributed by atoms with Crippen LogP contribution < -0.4 is 4.90 Å². The number of aliphatic carboxylic acids is 1. The smallest absolute Gasteiger partial charge is 0.306 e. The topological polar surface area (TPSA) is 66.8 Å². The van der Waals surface area contributed by atoms with Gasteiger partial charge in [-0.25, -0.2) is 0 Å². The molecule has 0 saturated heterocycles. The van der Waals surface area contributed by atoms with Crippen molar-refractivity contribution >= 4 is 40.8 Å². The molecule has 4 rings (SSSR count). The van der Waals surface area contributed by atoms with Gasteiger partial charge in [0.2, 0.25) is 0 Å². The molecule has 0 unspecified atom stereocenters. The molecular weight excluding hydrogens is 437 g/mol. The quantitative estimate of drug-likeness (QED) is 0.552. The Morgan fingerprint density at radius 2 is 1.68 bits per heavy atom. The molecule has 2 atom stereocenters. The van der Waals surface area contributed by atoms with E-state index in [4.69, 9.17) is 27.9 Å². The molecule has 31 heavy (non-hydrogen) atoms. The predicted molar refractivity (Wildman–Crippen MR) is 120 cm³/mol. The lowest BCUT2D eigenvalue weighted by molar-refractivity contribution is -0.146. The lowest BCUT2D eigenvalue weighted by Crippen LogP contribution is -2.40. The van der Waals surface area contributed by atoms with Crippen LogP contribution in [0.5, 0.6) is 0 Å². The van der Waals surface area contributed by atoms with Crippen LogP contribution in [0.2, 0.25) is 10.0 Å². The van der Waals surface area contributed by atoms with Crippen molar-refractivity contribution in [2.45, 2.75) is 25.2 Å². The highest BCUT2D eigenvalue weighted by Crippen LogP contribution is 2.42. The molecule has 1 aliphatic rings. The summed E-state index contributed by atoms with van der Waals surface area (Å²) in [6.07, 6.45) is -2.41. The molecule has 1 heterocycles. The van der Waals surface area contributed by atoms with Gasteiger partial charge < -0.3 is 14.7 Å². The Hall–Kier alpha value is -2.86. The summed E-state index contributed by atoms with van der Waals surface area (Å²) in [5.74, 6) is -1.55. The Balaban J connectivity index is 1.88. The molecule has 0 aromatic heterocycles. The zero-order valence-electron chi connectivity index (χ0n) is 16.4. The van der Waals surface area contributed by atoms with E-state index in [-0.39, 0.29) is 6.54 Å². The van der Waals surface area contributed by atoms with Gasteiger partial charge in [0.1, 0.15) is 12.2 Å². The molecule has 0 bridgehead atoms. The molecule has 0 radical (unpaired) electrons. The fourth-order valence-corrected chi connectivity index (χ4v) is 4.14. The third-order valence-electron chi connectivity index (χ3n) is 5.14. The third-order valence-corrected chi connectivity index (χ3v) is 5.72. The molecule has 0 fully saturated rings. The van der Waals surface area contributed by atoms with Crippen molar-refractivity contribution in [2.75, 3.05) is 4.90 Å². The summed E-state index contributed by atoms with van der Waals surface area (Å²) >= 11 is 12.7. The number of benzene rings is 3. The van der Waals surface area contributed by atoms with Crippen LogP contribution in [0.3, 0.4) is 0 Å². The normalized spacial score (nSPS) is 18.4. The van der Waals surface area contributed by atoms with Crippen LogP contribution >= 0.6 is 23.2 Å². The van der Waals surface area contributed by atoms with Gasteiger partial charge in [-0.05, 0) is 29.8 Å². The number of carboxylic acid groups (broad SMARTS) is 1. The maximum atomic E-state index is 13.5. The van der Waals surface area contributed by atoms with Crippen molar-refractivity contribution in [3.8, 4) is 0 Å². The van der Waals surface area contributed by atoms with E-state index in [1.807, 2.05) is 36.4 Å². The number of rotatable bonds is 5. The average molecular weight is 456 g/mol. The average Bonchev–Trinajstić information content (AvgIpc) is 2.85. The first-order valence-electron chi connectivity index (χ1n) is 9.70. The Morgan fingerprint density at radius 1 is 0.968 bits per heavy atom. The van der Waals surface area contributed by atoms with Crippen LogP contribution in [0.15, 0.2) is 72.8 Å². The van der Waals surface area contributed by atoms with Crippen LogP contribution in [-0.2, 0) is 20.9 Å². The van der Waals surface area contributed by atoms with E-state index < -0.39 is 30.5 Å². The Kier molecular flexibility index (Phi) is 6.28. The first-order valence-corrected chi connectivity index (χ1v) is 10.5. The summed E-state index contributed by atoms with van der Waals surface area (Å²) in [7, 11) is 0. The van der Waals surface area contributed by atoms with Crippen molar-refractivity contribution in [1.82, 2.24) is 0 Å². The van der Waals surface area contributed by atoms with E-state index in [1.54, 1.807) is 41.3 Å². The van der Waals surface area contributed by atoms with E-state index in [1.165, 1.54) is 0 Å². The van der Waals surface area contributed by atoms with Gasteiger partial charge in [-0.1, -0.05) is 71.7 Å². The van der Waals surface area contributed by atoms with Crippen molar-refractivity contribution in [1.29, 1.82) is 0 Å². The van der Waals surface area contributed by atoms with Gasteiger partial charge in [0, 0.05) is 21.2 Å². The highest BCUT2D eigenvalue weighted by atomic mass is 35.5. The number of nitrogens with zero attached hydrogens (tertiary/aromatic N) is 1. The van der Waals surface area contributed by atoms with Crippen LogP contribution in [0.4, 0.5) is 5.69 Å². The zero-order valence-corrected chi connectivity index (χ0v) is 17.9. The largest absolute Gasteiger partial charge is 0.481 e. The minimum Gasteiger partial charge on any atom is -0.481 e. The molecule has 0 spiro atoms. The number of carbonyl (C=O) groups excluding carboxylic acids is 1. The van der Waals surface area contributed by atoms with E-state index >= 15 is 0 Å². The summed E-state index contributed by atoms with van der Waals surface area (Å²) < 4.78 is 6.14. The standard InChI is InChI=1S/C24H19Cl2NO4/c25-16-10-11-20-18(12-16)23(17-8-4-5-9-19(17)26)31-21(13-22(28)29)24(30)27(20)14-15-6-2-1-3-7-15/h1-12,21,23H,13-14H2,(H,28,29)/t21-,23-/m1/s1. The molecule has 3 aromatic carbocycles. The van der Waals surface area contributed by atoms with Gasteiger partial charge in [0.05, 0.1) is 18.7 Å². The van der Waals surface area contributed by atoms with E-state index in [9.17, 15) is 14.7 Å². The van der Waals surface area contributed by atoms with Crippen molar-refractivity contribution in [3.63, 3.8) is 0 Å². The van der Waals surface area contributed by atoms with Crippen LogP contribution in [-0.4, -0.2) is 23.1 Å². The highest BCUT2D eigenvalue weighted by Gasteiger charge is 2.38. The molecular formula is C24H19Cl2NO4. The number of carboxylic acids is 1. The molecule has 1 N–H and O–H groups in total. The van der Waals surface area contributed by atoms with Gasteiger partial charge in [0.25, 0.3) is 5.91 Å². The van der Waals surface area contributed by atoms with Crippen LogP contribution in [0.25, 0.3) is 0 Å². The maximum absolute atomic E-state index is 13.5. The fraction of sp³-hybridized carbons (Fsp3) is 0.167. The Bertz CT molecular complexity index is 1120. The summed E-state index contributed by atoms with van der Waals surface area (Å²) in [5, 5.41) is 10.4. The Labute approximate surface area is 189 Å². The number of anilines is 1. The third kappa shape index (κ3) is 4.59. The number of hydrogen-bond donors (Lipinski definition) is 1. The van der Waals surface area contributed by atoms with Crippen molar-refractivity contribution in [2.24, 2.45) is 0 Å². The second-order valence-corrected chi connectivity index (χ2v) is 8.08. The second-order valence-electron chi connectivity index (χ2n) is 7.24. The summed E-state index contributed by atoms with van der Waals surface area (Å²) in [6, 6.07) is 21.8. The van der Waals surface area contributed by atoms with Gasteiger partial charge in [-0.15, -0.1) is 0 Å². The van der Waals surface area contributed by atoms with Crippen molar-refractivity contribution < 1.29 is 19.4 Å². The number of fused-ring (bicyclic) bond motifs is 1. The molecule has 7 heteroatoms. The molecule has 3 aromatic rings. The summed E-state index contributed by atoms with van der Waals surface area (Å²) in [5.41, 5.74) is 2.80. The zero-order chi connectivity index (χ0) is 22.0. The SMILES string of the molecule is O=C(O)C[C@H]1O[C@H](c2ccccc2Cl)c2cc(Cl)ccc2N(Cc2ccccc2)C1=O. The summed E-state index contributed by atoms with van der Waals surface area (Å²) in [6.45, 7) is 0.267. The van der Waals surface area contributed by atoms with Gasteiger partial charge in [-0.3, -0.25) is 9.59 Å². The fourth-order valence-electron chi connectivity index (χ4n) is 3.72. The van der Waals surface area contributed by atoms with Gasteiger partial charge in [0.15, 0.2) is 0 Å². The monoisotopic (exact) mass is 455 g/mol. The first-order chi connectivity index (χ1) is 14.9.